The maximum Gasteiger partial charge on any atom is 0.268 e. The van der Waals surface area contributed by atoms with Crippen LogP contribution in [0.15, 0.2) is 54.7 Å². The molecule has 1 unspecified atom stereocenters. The van der Waals surface area contributed by atoms with E-state index in [0.717, 1.165) is 46.1 Å². The maximum atomic E-state index is 12.8. The monoisotopic (exact) mass is 425 g/mol. The van der Waals surface area contributed by atoms with Gasteiger partial charge in [0, 0.05) is 35.0 Å². The molecule has 0 spiro atoms. The van der Waals surface area contributed by atoms with Crippen LogP contribution in [-0.2, 0) is 11.2 Å². The van der Waals surface area contributed by atoms with E-state index in [4.69, 9.17) is 5.10 Å². The molecule has 2 heterocycles. The van der Waals surface area contributed by atoms with Gasteiger partial charge in [0.2, 0.25) is 0 Å². The van der Waals surface area contributed by atoms with Crippen LogP contribution in [0.5, 0.6) is 0 Å². The number of aromatic nitrogens is 4. The molecule has 1 fully saturated rings. The standard InChI is InChI=1S/C25H23N5O2/c1-16-21(15-26-27-16)19-8-5-9-20-22(13-12-17-10-11-17)30(28-24(19)20)23(25(31)29-32)14-18-6-3-2-4-7-18/h2-9,15,17,23,32H,10-11,14H2,1H3,(H,26,27)(H,29,31). The summed E-state index contributed by atoms with van der Waals surface area (Å²) in [4.78, 5) is 12.8. The number of amides is 1. The van der Waals surface area contributed by atoms with Gasteiger partial charge < -0.3 is 0 Å². The topological polar surface area (TPSA) is 95.8 Å². The Labute approximate surface area is 185 Å². The van der Waals surface area contributed by atoms with E-state index in [1.54, 1.807) is 4.68 Å². The fraction of sp³-hybridized carbons (Fsp3) is 0.240. The van der Waals surface area contributed by atoms with Crippen LogP contribution in [0.1, 0.15) is 35.8 Å². The number of rotatable bonds is 5. The number of aromatic amines is 1. The molecule has 1 aliphatic rings. The van der Waals surface area contributed by atoms with Crippen molar-refractivity contribution in [3.8, 4) is 23.0 Å². The van der Waals surface area contributed by atoms with Gasteiger partial charge in [0.25, 0.3) is 5.91 Å². The zero-order valence-corrected chi connectivity index (χ0v) is 17.7. The first-order valence-electron chi connectivity index (χ1n) is 10.7. The Morgan fingerprint density at radius 2 is 2.03 bits per heavy atom. The van der Waals surface area contributed by atoms with Gasteiger partial charge in [-0.1, -0.05) is 48.4 Å². The quantitative estimate of drug-likeness (QED) is 0.258. The minimum atomic E-state index is -0.753. The number of nitrogens with one attached hydrogen (secondary N) is 2. The highest BCUT2D eigenvalue weighted by atomic mass is 16.5. The Morgan fingerprint density at radius 1 is 1.22 bits per heavy atom. The van der Waals surface area contributed by atoms with Gasteiger partial charge in [0.05, 0.1) is 5.69 Å². The van der Waals surface area contributed by atoms with Crippen LogP contribution in [-0.4, -0.2) is 31.1 Å². The summed E-state index contributed by atoms with van der Waals surface area (Å²) in [5, 5.41) is 22.4. The van der Waals surface area contributed by atoms with Gasteiger partial charge in [-0.2, -0.15) is 10.2 Å². The molecule has 2 aromatic carbocycles. The number of carbonyl (C=O) groups is 1. The molecule has 2 aromatic heterocycles. The first-order valence-corrected chi connectivity index (χ1v) is 10.7. The van der Waals surface area contributed by atoms with E-state index in [1.165, 1.54) is 0 Å². The molecule has 0 aliphatic heterocycles. The second-order valence-corrected chi connectivity index (χ2v) is 8.10. The van der Waals surface area contributed by atoms with E-state index in [1.807, 2.05) is 67.1 Å². The lowest BCUT2D eigenvalue weighted by molar-refractivity contribution is -0.132. The average Bonchev–Trinajstić information content (AvgIpc) is 3.44. The van der Waals surface area contributed by atoms with Crippen molar-refractivity contribution >= 4 is 16.8 Å². The largest absolute Gasteiger partial charge is 0.289 e. The molecule has 32 heavy (non-hydrogen) atoms. The van der Waals surface area contributed by atoms with Crippen LogP contribution < -0.4 is 5.48 Å². The third kappa shape index (κ3) is 3.77. The first-order chi connectivity index (χ1) is 15.7. The van der Waals surface area contributed by atoms with Gasteiger partial charge in [-0.3, -0.25) is 15.1 Å². The Morgan fingerprint density at radius 3 is 2.72 bits per heavy atom. The number of hydroxylamine groups is 1. The van der Waals surface area contributed by atoms with Gasteiger partial charge in [-0.25, -0.2) is 10.2 Å². The fourth-order valence-corrected chi connectivity index (χ4v) is 3.92. The summed E-state index contributed by atoms with van der Waals surface area (Å²) >= 11 is 0. The lowest BCUT2D eigenvalue weighted by Crippen LogP contribution is -2.33. The molecule has 1 aliphatic carbocycles. The SMILES string of the molecule is Cc1n[nH]cc1-c1cccc2c(C#CC3CC3)n(C(Cc3ccccc3)C(=O)NO)nc12. The summed E-state index contributed by atoms with van der Waals surface area (Å²) in [7, 11) is 0. The van der Waals surface area contributed by atoms with Crippen LogP contribution in [0.2, 0.25) is 0 Å². The van der Waals surface area contributed by atoms with Crippen LogP contribution in [0, 0.1) is 24.7 Å². The number of hydrogen-bond acceptors (Lipinski definition) is 4. The van der Waals surface area contributed by atoms with Gasteiger partial charge in [-0.05, 0) is 37.3 Å². The van der Waals surface area contributed by atoms with Gasteiger partial charge in [0.1, 0.15) is 17.3 Å². The number of benzene rings is 2. The second-order valence-electron chi connectivity index (χ2n) is 8.10. The number of hydrogen-bond donors (Lipinski definition) is 3. The smallest absolute Gasteiger partial charge is 0.268 e. The minimum absolute atomic E-state index is 0.374. The van der Waals surface area contributed by atoms with E-state index in [-0.39, 0.29) is 0 Å². The molecule has 7 heteroatoms. The molecule has 0 saturated heterocycles. The van der Waals surface area contributed by atoms with E-state index in [0.29, 0.717) is 18.0 Å². The third-order valence-electron chi connectivity index (χ3n) is 5.80. The minimum Gasteiger partial charge on any atom is -0.289 e. The van der Waals surface area contributed by atoms with Crippen LogP contribution in [0.4, 0.5) is 0 Å². The molecular weight excluding hydrogens is 402 g/mol. The zero-order chi connectivity index (χ0) is 22.1. The van der Waals surface area contributed by atoms with Crippen molar-refractivity contribution in [2.24, 2.45) is 5.92 Å². The van der Waals surface area contributed by atoms with Crippen molar-refractivity contribution in [1.82, 2.24) is 25.5 Å². The molecule has 3 N–H and O–H groups in total. The molecular formula is C25H23N5O2. The van der Waals surface area contributed by atoms with Gasteiger partial charge >= 0.3 is 0 Å². The predicted octanol–water partition coefficient (Wildman–Crippen LogP) is 3.79. The Bertz CT molecular complexity index is 1340. The molecule has 1 atom stereocenters. The van der Waals surface area contributed by atoms with Gasteiger partial charge in [0.15, 0.2) is 0 Å². The van der Waals surface area contributed by atoms with Crippen LogP contribution >= 0.6 is 0 Å². The zero-order valence-electron chi connectivity index (χ0n) is 17.7. The van der Waals surface area contributed by atoms with Crippen molar-refractivity contribution in [2.75, 3.05) is 0 Å². The second kappa shape index (κ2) is 8.33. The van der Waals surface area contributed by atoms with E-state index in [9.17, 15) is 10.0 Å². The highest BCUT2D eigenvalue weighted by Gasteiger charge is 2.27. The van der Waals surface area contributed by atoms with Crippen molar-refractivity contribution in [2.45, 2.75) is 32.2 Å². The van der Waals surface area contributed by atoms with E-state index in [2.05, 4.69) is 22.0 Å². The number of H-pyrrole nitrogens is 1. The average molecular weight is 425 g/mol. The molecule has 0 bridgehead atoms. The Balaban J connectivity index is 1.71. The number of fused-ring (bicyclic) bond motifs is 1. The van der Waals surface area contributed by atoms with E-state index >= 15 is 0 Å². The third-order valence-corrected chi connectivity index (χ3v) is 5.80. The highest BCUT2D eigenvalue weighted by Crippen LogP contribution is 2.33. The summed E-state index contributed by atoms with van der Waals surface area (Å²) in [5.41, 5.74) is 6.96. The molecule has 1 amide bonds. The van der Waals surface area contributed by atoms with Crippen molar-refractivity contribution in [1.29, 1.82) is 0 Å². The summed E-state index contributed by atoms with van der Waals surface area (Å²) < 4.78 is 1.66. The van der Waals surface area contributed by atoms with Crippen molar-refractivity contribution in [3.63, 3.8) is 0 Å². The number of nitrogens with zero attached hydrogens (tertiary/aromatic N) is 3. The van der Waals surface area contributed by atoms with Crippen LogP contribution in [0.3, 0.4) is 0 Å². The Hall–Kier alpha value is -3.89. The Kier molecular flexibility index (Phi) is 5.21. The maximum absolute atomic E-state index is 12.8. The van der Waals surface area contributed by atoms with Crippen molar-refractivity contribution < 1.29 is 10.0 Å². The molecule has 5 rings (SSSR count). The molecule has 160 valence electrons. The fourth-order valence-electron chi connectivity index (χ4n) is 3.92. The predicted molar refractivity (Wildman–Crippen MR) is 121 cm³/mol. The normalized spacial score (nSPS) is 14.1. The van der Waals surface area contributed by atoms with Crippen molar-refractivity contribution in [3.05, 3.63) is 71.7 Å². The van der Waals surface area contributed by atoms with Gasteiger partial charge in [-0.15, -0.1) is 0 Å². The highest BCUT2D eigenvalue weighted by molar-refractivity contribution is 5.97. The summed E-state index contributed by atoms with van der Waals surface area (Å²) in [6.45, 7) is 1.94. The lowest BCUT2D eigenvalue weighted by Gasteiger charge is -2.17. The first kappa shape index (κ1) is 20.0. The summed E-state index contributed by atoms with van der Waals surface area (Å²) in [6, 6.07) is 14.9. The molecule has 0 radical (unpaired) electrons. The molecule has 1 saturated carbocycles. The van der Waals surface area contributed by atoms with E-state index < -0.39 is 11.9 Å². The number of carbonyl (C=O) groups excluding carboxylic acids is 1. The molecule has 4 aromatic rings. The summed E-state index contributed by atoms with van der Waals surface area (Å²) in [5.74, 6) is 6.47. The lowest BCUT2D eigenvalue weighted by atomic mass is 10.0. The summed E-state index contributed by atoms with van der Waals surface area (Å²) in [6.07, 6.45) is 4.42. The van der Waals surface area contributed by atoms with Crippen LogP contribution in [0.25, 0.3) is 22.0 Å². The molecule has 7 nitrogen and oxygen atoms in total. The number of aryl methyl sites for hydroxylation is 1.